The fourth-order valence-corrected chi connectivity index (χ4v) is 4.94. The zero-order valence-electron chi connectivity index (χ0n) is 16.8. The first-order chi connectivity index (χ1) is 14.3. The predicted octanol–water partition coefficient (Wildman–Crippen LogP) is 2.00. The summed E-state index contributed by atoms with van der Waals surface area (Å²) < 4.78 is 26.9. The van der Waals surface area contributed by atoms with E-state index < -0.39 is 27.8 Å². The van der Waals surface area contributed by atoms with Crippen molar-refractivity contribution in [3.05, 3.63) is 60.2 Å². The number of nitrogens with one attached hydrogen (secondary N) is 1. The van der Waals surface area contributed by atoms with Crippen LogP contribution in [0.4, 0.5) is 5.69 Å². The van der Waals surface area contributed by atoms with Crippen molar-refractivity contribution in [2.75, 3.05) is 12.4 Å². The average molecular weight is 430 g/mol. The molecule has 8 heteroatoms. The van der Waals surface area contributed by atoms with Crippen molar-refractivity contribution in [2.24, 2.45) is 11.8 Å². The van der Waals surface area contributed by atoms with Crippen molar-refractivity contribution in [3.8, 4) is 0 Å². The highest BCUT2D eigenvalue weighted by atomic mass is 32.2. The molecule has 7 nitrogen and oxygen atoms in total. The average Bonchev–Trinajstić information content (AvgIpc) is 2.74. The third kappa shape index (κ3) is 5.06. The Balaban J connectivity index is 1.68. The quantitative estimate of drug-likeness (QED) is 0.725. The first-order valence-electron chi connectivity index (χ1n) is 9.91. The molecule has 1 aliphatic carbocycles. The molecule has 30 heavy (non-hydrogen) atoms. The molecule has 1 fully saturated rings. The Morgan fingerprint density at radius 2 is 1.60 bits per heavy atom. The number of carbonyl (C=O) groups is 2. The minimum absolute atomic E-state index is 0.115. The van der Waals surface area contributed by atoms with Crippen molar-refractivity contribution in [1.29, 1.82) is 0 Å². The topological polar surface area (TPSA) is 107 Å². The Bertz CT molecular complexity index is 990. The molecule has 0 aliphatic heterocycles. The Hall–Kier alpha value is -2.71. The molecular weight excluding hydrogens is 404 g/mol. The number of hydrogen-bond acceptors (Lipinski definition) is 5. The van der Waals surface area contributed by atoms with Crippen molar-refractivity contribution in [2.45, 2.75) is 37.1 Å². The third-order valence-electron chi connectivity index (χ3n) is 5.48. The van der Waals surface area contributed by atoms with Crippen LogP contribution in [0.3, 0.4) is 0 Å². The summed E-state index contributed by atoms with van der Waals surface area (Å²) >= 11 is 0. The number of sulfonamides is 1. The van der Waals surface area contributed by atoms with Crippen LogP contribution in [0.2, 0.25) is 0 Å². The maximum Gasteiger partial charge on any atom is 0.243 e. The third-order valence-corrected chi connectivity index (χ3v) is 7.30. The van der Waals surface area contributed by atoms with Crippen LogP contribution < -0.4 is 10.4 Å². The molecule has 0 unspecified atom stereocenters. The molecule has 0 radical (unpaired) electrons. The highest BCUT2D eigenvalue weighted by molar-refractivity contribution is 7.89. The largest absolute Gasteiger partial charge is 0.550 e. The van der Waals surface area contributed by atoms with E-state index in [9.17, 15) is 23.1 Å². The van der Waals surface area contributed by atoms with Gasteiger partial charge in [0.1, 0.15) is 0 Å². The van der Waals surface area contributed by atoms with Gasteiger partial charge in [0.05, 0.1) is 4.90 Å². The first kappa shape index (κ1) is 22.0. The van der Waals surface area contributed by atoms with E-state index in [1.807, 2.05) is 30.3 Å². The van der Waals surface area contributed by atoms with Crippen LogP contribution in [0.5, 0.6) is 0 Å². The van der Waals surface area contributed by atoms with E-state index in [2.05, 4.69) is 5.32 Å². The summed E-state index contributed by atoms with van der Waals surface area (Å²) in [5.74, 6) is -2.99. The van der Waals surface area contributed by atoms with Crippen LogP contribution in [0.1, 0.15) is 31.2 Å². The van der Waals surface area contributed by atoms with Gasteiger partial charge in [0.15, 0.2) is 0 Å². The molecule has 1 aliphatic rings. The molecule has 1 amide bonds. The van der Waals surface area contributed by atoms with Gasteiger partial charge in [-0.2, -0.15) is 4.31 Å². The highest BCUT2D eigenvalue weighted by Crippen LogP contribution is 2.31. The molecule has 2 aromatic rings. The summed E-state index contributed by atoms with van der Waals surface area (Å²) in [6.45, 7) is 0.244. The molecule has 1 N–H and O–H groups in total. The normalized spacial score (nSPS) is 19.4. The molecule has 0 aromatic heterocycles. The molecule has 0 spiro atoms. The summed E-state index contributed by atoms with van der Waals surface area (Å²) in [6, 6.07) is 15.2. The minimum atomic E-state index is -3.69. The second kappa shape index (κ2) is 9.40. The molecular formula is C22H25N2O5S-. The maximum absolute atomic E-state index is 12.8. The number of hydrogen-bond donors (Lipinski definition) is 1. The Morgan fingerprint density at radius 3 is 2.20 bits per heavy atom. The van der Waals surface area contributed by atoms with Crippen molar-refractivity contribution < 1.29 is 23.1 Å². The maximum atomic E-state index is 12.8. The summed E-state index contributed by atoms with van der Waals surface area (Å²) in [4.78, 5) is 24.0. The number of aliphatic carboxylic acids is 1. The van der Waals surface area contributed by atoms with Gasteiger partial charge in [-0.15, -0.1) is 0 Å². The van der Waals surface area contributed by atoms with Gasteiger partial charge in [0, 0.05) is 37.1 Å². The van der Waals surface area contributed by atoms with E-state index >= 15 is 0 Å². The highest BCUT2D eigenvalue weighted by Gasteiger charge is 2.32. The van der Waals surface area contributed by atoms with E-state index in [1.165, 1.54) is 35.6 Å². The summed E-state index contributed by atoms with van der Waals surface area (Å²) in [5.41, 5.74) is 1.30. The van der Waals surface area contributed by atoms with Gasteiger partial charge >= 0.3 is 0 Å². The zero-order valence-corrected chi connectivity index (χ0v) is 17.6. The molecule has 3 rings (SSSR count). The molecule has 0 bridgehead atoms. The number of nitrogens with zero attached hydrogens (tertiary/aromatic N) is 1. The van der Waals surface area contributed by atoms with Gasteiger partial charge in [0.2, 0.25) is 15.9 Å². The fraction of sp³-hybridized carbons (Fsp3) is 0.364. The Labute approximate surface area is 176 Å². The second-order valence-electron chi connectivity index (χ2n) is 7.58. The van der Waals surface area contributed by atoms with Crippen LogP contribution in [0.25, 0.3) is 0 Å². The fourth-order valence-electron chi connectivity index (χ4n) is 3.78. The predicted molar refractivity (Wildman–Crippen MR) is 111 cm³/mol. The number of carbonyl (C=O) groups excluding carboxylic acids is 2. The van der Waals surface area contributed by atoms with Gasteiger partial charge in [-0.05, 0) is 42.7 Å². The monoisotopic (exact) mass is 429 g/mol. The zero-order chi connectivity index (χ0) is 21.7. The van der Waals surface area contributed by atoms with Crippen LogP contribution in [-0.2, 0) is 26.2 Å². The molecule has 2 aromatic carbocycles. The summed E-state index contributed by atoms with van der Waals surface area (Å²) in [5, 5.41) is 14.0. The molecule has 0 saturated heterocycles. The first-order valence-corrected chi connectivity index (χ1v) is 11.3. The van der Waals surface area contributed by atoms with Crippen molar-refractivity contribution in [1.82, 2.24) is 4.31 Å². The molecule has 2 atom stereocenters. The second-order valence-corrected chi connectivity index (χ2v) is 9.62. The van der Waals surface area contributed by atoms with Crippen molar-refractivity contribution >= 4 is 27.6 Å². The molecule has 160 valence electrons. The van der Waals surface area contributed by atoms with Crippen molar-refractivity contribution in [3.63, 3.8) is 0 Å². The van der Waals surface area contributed by atoms with Gasteiger partial charge < -0.3 is 15.2 Å². The number of rotatable bonds is 7. The van der Waals surface area contributed by atoms with Crippen LogP contribution in [-0.4, -0.2) is 31.6 Å². The van der Waals surface area contributed by atoms with Crippen LogP contribution >= 0.6 is 0 Å². The molecule has 0 heterocycles. The lowest BCUT2D eigenvalue weighted by Crippen LogP contribution is -2.42. The van der Waals surface area contributed by atoms with E-state index in [1.54, 1.807) is 0 Å². The Kier molecular flexibility index (Phi) is 6.89. The van der Waals surface area contributed by atoms with Gasteiger partial charge in [-0.25, -0.2) is 8.42 Å². The number of carboxylic acid groups (broad SMARTS) is 1. The SMILES string of the molecule is CN(Cc1ccccc1)S(=O)(=O)c1ccc(NC(=O)[C@@H]2CCCC[C@H]2C(=O)[O-])cc1. The van der Waals surface area contributed by atoms with Gasteiger partial charge in [-0.1, -0.05) is 43.2 Å². The standard InChI is InChI=1S/C22H26N2O5S/c1-24(15-16-7-3-2-4-8-16)30(28,29)18-13-11-17(12-14-18)23-21(25)19-9-5-6-10-20(19)22(26)27/h2-4,7-8,11-14,19-20H,5-6,9-10,15H2,1H3,(H,23,25)(H,26,27)/p-1/t19-,20-/m1/s1. The van der Waals surface area contributed by atoms with Gasteiger partial charge in [0.25, 0.3) is 0 Å². The number of amides is 1. The number of benzene rings is 2. The lowest BCUT2D eigenvalue weighted by molar-refractivity contribution is -0.313. The number of anilines is 1. The summed E-state index contributed by atoms with van der Waals surface area (Å²) in [7, 11) is -2.17. The van der Waals surface area contributed by atoms with Crippen LogP contribution in [0, 0.1) is 11.8 Å². The number of carboxylic acids is 1. The lowest BCUT2D eigenvalue weighted by Gasteiger charge is -2.31. The lowest BCUT2D eigenvalue weighted by atomic mass is 9.78. The van der Waals surface area contributed by atoms with E-state index in [-0.39, 0.29) is 17.3 Å². The van der Waals surface area contributed by atoms with Crippen LogP contribution in [0.15, 0.2) is 59.5 Å². The smallest absolute Gasteiger partial charge is 0.243 e. The van der Waals surface area contributed by atoms with E-state index in [0.29, 0.717) is 18.5 Å². The Morgan fingerprint density at radius 1 is 1.00 bits per heavy atom. The minimum Gasteiger partial charge on any atom is -0.550 e. The van der Waals surface area contributed by atoms with Gasteiger partial charge in [-0.3, -0.25) is 4.79 Å². The molecule has 1 saturated carbocycles. The van der Waals surface area contributed by atoms with E-state index in [0.717, 1.165) is 18.4 Å². The summed E-state index contributed by atoms with van der Waals surface area (Å²) in [6.07, 6.45) is 2.50. The van der Waals surface area contributed by atoms with E-state index in [4.69, 9.17) is 0 Å².